The van der Waals surface area contributed by atoms with E-state index in [-0.39, 0.29) is 42.4 Å². The highest BCUT2D eigenvalue weighted by Crippen LogP contribution is 2.21. The van der Waals surface area contributed by atoms with Crippen molar-refractivity contribution in [2.45, 2.75) is 53.1 Å². The van der Waals surface area contributed by atoms with E-state index in [1.807, 2.05) is 25.8 Å². The Bertz CT molecular complexity index is 759. The van der Waals surface area contributed by atoms with Crippen LogP contribution >= 0.6 is 12.4 Å². The van der Waals surface area contributed by atoms with Crippen molar-refractivity contribution >= 4 is 24.2 Å². The summed E-state index contributed by atoms with van der Waals surface area (Å²) in [7, 11) is 1.92. The predicted octanol–water partition coefficient (Wildman–Crippen LogP) is 1.48. The fourth-order valence-corrected chi connectivity index (χ4v) is 3.81. The molecule has 1 fully saturated rings. The van der Waals surface area contributed by atoms with Gasteiger partial charge in [0.2, 0.25) is 5.91 Å². The average molecular weight is 413 g/mol. The second-order valence-electron chi connectivity index (χ2n) is 7.75. The van der Waals surface area contributed by atoms with Gasteiger partial charge >= 0.3 is 0 Å². The van der Waals surface area contributed by atoms with Crippen LogP contribution in [-0.2, 0) is 11.3 Å². The number of aryl methyl sites for hydroxylation is 1. The molecular formula is C20H33ClN4O3. The van der Waals surface area contributed by atoms with Gasteiger partial charge in [-0.3, -0.25) is 14.4 Å². The number of pyridine rings is 1. The summed E-state index contributed by atoms with van der Waals surface area (Å²) in [6.45, 7) is 9.53. The molecule has 1 atom stereocenters. The fourth-order valence-electron chi connectivity index (χ4n) is 3.81. The largest absolute Gasteiger partial charge is 0.352 e. The summed E-state index contributed by atoms with van der Waals surface area (Å²) in [6, 6.07) is 1.45. The Morgan fingerprint density at radius 2 is 1.96 bits per heavy atom. The molecule has 1 aromatic heterocycles. The summed E-state index contributed by atoms with van der Waals surface area (Å²) in [4.78, 5) is 39.6. The molecule has 1 aliphatic heterocycles. The number of hydrogen-bond acceptors (Lipinski definition) is 4. The first-order valence-electron chi connectivity index (χ1n) is 9.68. The van der Waals surface area contributed by atoms with E-state index in [4.69, 9.17) is 0 Å². The van der Waals surface area contributed by atoms with Crippen molar-refractivity contribution in [2.24, 2.45) is 5.92 Å². The monoisotopic (exact) mass is 412 g/mol. The second-order valence-corrected chi connectivity index (χ2v) is 7.75. The molecule has 8 heteroatoms. The maximum Gasteiger partial charge on any atom is 0.255 e. The topological polar surface area (TPSA) is 83.4 Å². The molecule has 2 N–H and O–H groups in total. The van der Waals surface area contributed by atoms with Crippen molar-refractivity contribution in [2.75, 3.05) is 26.7 Å². The molecule has 7 nitrogen and oxygen atoms in total. The number of carbonyl (C=O) groups is 2. The Balaban J connectivity index is 0.00000392. The van der Waals surface area contributed by atoms with Crippen molar-refractivity contribution in [3.05, 3.63) is 33.2 Å². The van der Waals surface area contributed by atoms with Crippen LogP contribution in [0.2, 0.25) is 0 Å². The van der Waals surface area contributed by atoms with Gasteiger partial charge in [-0.2, -0.15) is 0 Å². The second kappa shape index (κ2) is 10.6. The predicted molar refractivity (Wildman–Crippen MR) is 113 cm³/mol. The lowest BCUT2D eigenvalue weighted by atomic mass is 9.96. The third-order valence-corrected chi connectivity index (χ3v) is 5.03. The molecular weight excluding hydrogens is 380 g/mol. The quantitative estimate of drug-likeness (QED) is 0.741. The summed E-state index contributed by atoms with van der Waals surface area (Å²) < 4.78 is 1.40. The first kappa shape index (κ1) is 24.2. The molecule has 0 spiro atoms. The Labute approximate surface area is 173 Å². The number of amides is 2. The number of halogens is 1. The fraction of sp³-hybridized carbons (Fsp3) is 0.650. The number of hydrogen-bond donors (Lipinski definition) is 2. The third-order valence-electron chi connectivity index (χ3n) is 5.03. The van der Waals surface area contributed by atoms with Gasteiger partial charge in [-0.05, 0) is 65.6 Å². The van der Waals surface area contributed by atoms with Crippen LogP contribution in [-0.4, -0.2) is 54.0 Å². The van der Waals surface area contributed by atoms with Gasteiger partial charge in [0, 0.05) is 30.9 Å². The average Bonchev–Trinajstić information content (AvgIpc) is 2.58. The maximum atomic E-state index is 13.2. The minimum atomic E-state index is -0.257. The van der Waals surface area contributed by atoms with Gasteiger partial charge in [-0.25, -0.2) is 0 Å². The zero-order chi connectivity index (χ0) is 20.1. The van der Waals surface area contributed by atoms with Crippen LogP contribution in [0.15, 0.2) is 10.9 Å². The number of rotatable bonds is 6. The number of nitrogens with zero attached hydrogens (tertiary/aromatic N) is 2. The highest BCUT2D eigenvalue weighted by Gasteiger charge is 2.27. The summed E-state index contributed by atoms with van der Waals surface area (Å²) >= 11 is 0. The Kier molecular flexibility index (Phi) is 9.17. The molecule has 1 saturated heterocycles. The number of likely N-dealkylation sites (tertiary alicyclic amines) is 1. The Morgan fingerprint density at radius 1 is 1.29 bits per heavy atom. The summed E-state index contributed by atoms with van der Waals surface area (Å²) in [5.74, 6) is 0.157. The van der Waals surface area contributed by atoms with Crippen molar-refractivity contribution < 1.29 is 9.59 Å². The molecule has 2 heterocycles. The molecule has 1 unspecified atom stereocenters. The number of piperidine rings is 1. The third kappa shape index (κ3) is 5.82. The maximum absolute atomic E-state index is 13.2. The lowest BCUT2D eigenvalue weighted by Crippen LogP contribution is -2.44. The van der Waals surface area contributed by atoms with E-state index in [1.54, 1.807) is 13.8 Å². The SMILES string of the molecule is CNCC1CCCN(C(=O)c2c(C)cc(=O)n(CC(=O)NC(C)C)c2C)C1.Cl. The van der Waals surface area contributed by atoms with E-state index in [2.05, 4.69) is 10.6 Å². The van der Waals surface area contributed by atoms with Gasteiger partial charge in [0.05, 0.1) is 5.56 Å². The summed E-state index contributed by atoms with van der Waals surface area (Å²) in [6.07, 6.45) is 2.09. The zero-order valence-electron chi connectivity index (χ0n) is 17.5. The molecule has 0 radical (unpaired) electrons. The summed E-state index contributed by atoms with van der Waals surface area (Å²) in [5, 5.41) is 5.98. The minimum absolute atomic E-state index is 0. The standard InChI is InChI=1S/C20H32N4O3.ClH/c1-13(2)22-17(25)12-24-15(4)19(14(3)9-18(24)26)20(27)23-8-6-7-16(11-23)10-21-5;/h9,13,16,21H,6-8,10-12H2,1-5H3,(H,22,25);1H. The molecule has 0 aliphatic carbocycles. The normalized spacial score (nSPS) is 16.6. The van der Waals surface area contributed by atoms with E-state index in [0.29, 0.717) is 29.3 Å². The Morgan fingerprint density at radius 3 is 2.57 bits per heavy atom. The zero-order valence-corrected chi connectivity index (χ0v) is 18.3. The van der Waals surface area contributed by atoms with E-state index >= 15 is 0 Å². The van der Waals surface area contributed by atoms with E-state index in [0.717, 1.165) is 25.9 Å². The number of carbonyl (C=O) groups excluding carboxylic acids is 2. The van der Waals surface area contributed by atoms with Crippen molar-refractivity contribution in [1.29, 1.82) is 0 Å². The van der Waals surface area contributed by atoms with Crippen LogP contribution in [0.25, 0.3) is 0 Å². The smallest absolute Gasteiger partial charge is 0.255 e. The molecule has 0 bridgehead atoms. The van der Waals surface area contributed by atoms with Gasteiger partial charge in [0.1, 0.15) is 6.54 Å². The molecule has 2 rings (SSSR count). The van der Waals surface area contributed by atoms with E-state index < -0.39 is 0 Å². The van der Waals surface area contributed by atoms with Crippen molar-refractivity contribution in [1.82, 2.24) is 20.1 Å². The molecule has 0 saturated carbocycles. The lowest BCUT2D eigenvalue weighted by molar-refractivity contribution is -0.122. The highest BCUT2D eigenvalue weighted by atomic mass is 35.5. The van der Waals surface area contributed by atoms with Crippen LogP contribution < -0.4 is 16.2 Å². The van der Waals surface area contributed by atoms with Crippen LogP contribution in [0.3, 0.4) is 0 Å². The van der Waals surface area contributed by atoms with Crippen molar-refractivity contribution in [3.63, 3.8) is 0 Å². The molecule has 2 amide bonds. The summed E-state index contributed by atoms with van der Waals surface area (Å²) in [5.41, 5.74) is 1.50. The van der Waals surface area contributed by atoms with Crippen LogP contribution in [0.4, 0.5) is 0 Å². The number of nitrogens with one attached hydrogen (secondary N) is 2. The van der Waals surface area contributed by atoms with Gasteiger partial charge < -0.3 is 20.1 Å². The molecule has 0 aromatic carbocycles. The van der Waals surface area contributed by atoms with Crippen LogP contribution in [0, 0.1) is 19.8 Å². The molecule has 28 heavy (non-hydrogen) atoms. The van der Waals surface area contributed by atoms with E-state index in [1.165, 1.54) is 10.6 Å². The van der Waals surface area contributed by atoms with E-state index in [9.17, 15) is 14.4 Å². The van der Waals surface area contributed by atoms with Crippen LogP contribution in [0.5, 0.6) is 0 Å². The van der Waals surface area contributed by atoms with Gasteiger partial charge in [0.25, 0.3) is 11.5 Å². The van der Waals surface area contributed by atoms with Gasteiger partial charge in [0.15, 0.2) is 0 Å². The molecule has 158 valence electrons. The molecule has 1 aliphatic rings. The van der Waals surface area contributed by atoms with Crippen molar-refractivity contribution in [3.8, 4) is 0 Å². The van der Waals surface area contributed by atoms with Gasteiger partial charge in [-0.15, -0.1) is 12.4 Å². The first-order chi connectivity index (χ1) is 12.7. The minimum Gasteiger partial charge on any atom is -0.352 e. The Hall–Kier alpha value is -1.86. The lowest BCUT2D eigenvalue weighted by Gasteiger charge is -2.33. The number of aromatic nitrogens is 1. The van der Waals surface area contributed by atoms with Crippen LogP contribution in [0.1, 0.15) is 48.3 Å². The first-order valence-corrected chi connectivity index (χ1v) is 9.68. The molecule has 1 aromatic rings. The highest BCUT2D eigenvalue weighted by molar-refractivity contribution is 5.96. The van der Waals surface area contributed by atoms with Gasteiger partial charge in [-0.1, -0.05) is 0 Å².